The molecule has 0 aromatic carbocycles. The van der Waals surface area contributed by atoms with Crippen LogP contribution in [0.25, 0.3) is 0 Å². The third-order valence-electron chi connectivity index (χ3n) is 6.70. The van der Waals surface area contributed by atoms with Crippen LogP contribution in [0.4, 0.5) is 4.79 Å². The molecule has 0 aromatic rings. The van der Waals surface area contributed by atoms with Crippen molar-refractivity contribution in [2.45, 2.75) is 105 Å². The van der Waals surface area contributed by atoms with E-state index in [9.17, 15) is 9.59 Å². The van der Waals surface area contributed by atoms with Crippen molar-refractivity contribution < 1.29 is 19.1 Å². The number of rotatable bonds is 10. The Morgan fingerprint density at radius 3 is 2.06 bits per heavy atom. The summed E-state index contributed by atoms with van der Waals surface area (Å²) in [7, 11) is 0. The zero-order chi connectivity index (χ0) is 23.3. The summed E-state index contributed by atoms with van der Waals surface area (Å²) in [6, 6.07) is 0. The molecule has 0 aromatic heterocycles. The van der Waals surface area contributed by atoms with E-state index in [2.05, 4.69) is 17.2 Å². The maximum Gasteiger partial charge on any atom is 0.407 e. The van der Waals surface area contributed by atoms with Gasteiger partial charge >= 0.3 is 6.09 Å². The molecule has 0 heterocycles. The van der Waals surface area contributed by atoms with Gasteiger partial charge in [-0.2, -0.15) is 0 Å². The van der Waals surface area contributed by atoms with Gasteiger partial charge in [-0.25, -0.2) is 4.79 Å². The smallest absolute Gasteiger partial charge is 0.407 e. The Balaban J connectivity index is 1.65. The maximum absolute atomic E-state index is 12.3. The minimum absolute atomic E-state index is 0.253. The van der Waals surface area contributed by atoms with Gasteiger partial charge in [-0.3, -0.25) is 4.79 Å². The average molecular weight is 434 g/mol. The molecule has 2 aliphatic rings. The second-order valence-electron chi connectivity index (χ2n) is 11.6. The van der Waals surface area contributed by atoms with E-state index in [4.69, 9.17) is 9.47 Å². The lowest BCUT2D eigenvalue weighted by Crippen LogP contribution is -2.45. The molecular weight excluding hydrogens is 390 g/mol. The van der Waals surface area contributed by atoms with E-state index in [0.717, 1.165) is 25.7 Å². The number of nitrogens with one attached hydrogen (secondary N) is 1. The van der Waals surface area contributed by atoms with E-state index in [-0.39, 0.29) is 22.9 Å². The average Bonchev–Trinajstić information content (AvgIpc) is 3.25. The molecule has 3 atom stereocenters. The topological polar surface area (TPSA) is 64.6 Å². The molecule has 1 fully saturated rings. The van der Waals surface area contributed by atoms with E-state index in [1.165, 1.54) is 0 Å². The minimum Gasteiger partial charge on any atom is -0.449 e. The lowest BCUT2D eigenvalue weighted by atomic mass is 9.86. The fourth-order valence-electron chi connectivity index (χ4n) is 4.27. The summed E-state index contributed by atoms with van der Waals surface area (Å²) in [4.78, 5) is 24.5. The van der Waals surface area contributed by atoms with Crippen molar-refractivity contribution >= 4 is 11.9 Å². The standard InChI is InChI=1S/C26H43NO4/c1-24(2,3)22(28)14-15-26(6,7)31-17-16-25(4,5)27-23(29)30-18-21-19-12-10-8-9-11-13-20(19)21/h19-21H,10-18H2,1-7H3,(H,27,29)/t19-,20+,21-. The third kappa shape index (κ3) is 8.85. The number of hydrogen-bond acceptors (Lipinski definition) is 4. The number of Topliss-reactive ketones (excluding diaryl/α,β-unsaturated/α-hetero) is 1. The highest BCUT2D eigenvalue weighted by atomic mass is 16.5. The Morgan fingerprint density at radius 2 is 1.52 bits per heavy atom. The molecule has 5 heteroatoms. The van der Waals surface area contributed by atoms with Gasteiger partial charge in [-0.05, 0) is 71.1 Å². The molecule has 0 saturated heterocycles. The van der Waals surface area contributed by atoms with Gasteiger partial charge in [0.05, 0.1) is 12.2 Å². The number of hydrogen-bond donors (Lipinski definition) is 1. The molecule has 0 radical (unpaired) electrons. The first-order valence-electron chi connectivity index (χ1n) is 11.9. The van der Waals surface area contributed by atoms with Crippen LogP contribution in [0.15, 0.2) is 0 Å². The summed E-state index contributed by atoms with van der Waals surface area (Å²) in [6.07, 6.45) is 5.73. The van der Waals surface area contributed by atoms with Crippen molar-refractivity contribution in [2.24, 2.45) is 23.2 Å². The highest BCUT2D eigenvalue weighted by molar-refractivity contribution is 5.83. The quantitative estimate of drug-likeness (QED) is 0.461. The van der Waals surface area contributed by atoms with Crippen molar-refractivity contribution in [3.05, 3.63) is 0 Å². The third-order valence-corrected chi connectivity index (χ3v) is 6.70. The molecule has 5 nitrogen and oxygen atoms in total. The summed E-state index contributed by atoms with van der Waals surface area (Å²) in [5, 5.41) is 2.98. The monoisotopic (exact) mass is 433 g/mol. The van der Waals surface area contributed by atoms with Crippen LogP contribution in [0.1, 0.15) is 93.4 Å². The molecular formula is C26H43NO4. The second kappa shape index (κ2) is 10.4. The molecule has 176 valence electrons. The summed E-state index contributed by atoms with van der Waals surface area (Å²) in [6.45, 7) is 14.9. The SMILES string of the molecule is CC(C)(CCOC(C)(C)CCC(=O)C(C)(C)C)NC(=O)OC[C@@H]1[C@@H]2CCC#CCC[C@@H]21. The largest absolute Gasteiger partial charge is 0.449 e. The minimum atomic E-state index is -0.423. The lowest BCUT2D eigenvalue weighted by Gasteiger charge is -2.30. The summed E-state index contributed by atoms with van der Waals surface area (Å²) in [5.74, 6) is 8.53. The zero-order valence-corrected chi connectivity index (χ0v) is 20.7. The Bertz CT molecular complexity index is 674. The summed E-state index contributed by atoms with van der Waals surface area (Å²) < 4.78 is 11.6. The van der Waals surface area contributed by atoms with E-state index < -0.39 is 5.54 Å². The molecule has 0 spiro atoms. The molecule has 2 rings (SSSR count). The normalized spacial score (nSPS) is 23.5. The van der Waals surface area contributed by atoms with Crippen LogP contribution >= 0.6 is 0 Å². The van der Waals surface area contributed by atoms with E-state index in [1.807, 2.05) is 48.5 Å². The first-order valence-corrected chi connectivity index (χ1v) is 11.9. The van der Waals surface area contributed by atoms with Crippen LogP contribution < -0.4 is 5.32 Å². The van der Waals surface area contributed by atoms with E-state index in [1.54, 1.807) is 0 Å². The molecule has 31 heavy (non-hydrogen) atoms. The van der Waals surface area contributed by atoms with Gasteiger partial charge in [-0.15, -0.1) is 11.8 Å². The fraction of sp³-hybridized carbons (Fsp3) is 0.846. The predicted molar refractivity (Wildman–Crippen MR) is 124 cm³/mol. The van der Waals surface area contributed by atoms with Gasteiger partial charge in [-0.1, -0.05) is 20.8 Å². The first kappa shape index (κ1) is 25.7. The Hall–Kier alpha value is -1.54. The van der Waals surface area contributed by atoms with E-state index >= 15 is 0 Å². The van der Waals surface area contributed by atoms with Gasteiger partial charge in [0.1, 0.15) is 5.78 Å². The van der Waals surface area contributed by atoms with Crippen molar-refractivity contribution in [3.8, 4) is 11.8 Å². The fourth-order valence-corrected chi connectivity index (χ4v) is 4.27. The number of carbonyl (C=O) groups excluding carboxylic acids is 2. The van der Waals surface area contributed by atoms with Crippen LogP contribution in [0.5, 0.6) is 0 Å². The second-order valence-corrected chi connectivity index (χ2v) is 11.6. The van der Waals surface area contributed by atoms with Crippen LogP contribution in [-0.2, 0) is 14.3 Å². The first-order chi connectivity index (χ1) is 14.3. The Morgan fingerprint density at radius 1 is 0.935 bits per heavy atom. The zero-order valence-electron chi connectivity index (χ0n) is 20.7. The predicted octanol–water partition coefficient (Wildman–Crippen LogP) is 5.51. The van der Waals surface area contributed by atoms with Gasteiger partial charge in [0.2, 0.25) is 0 Å². The number of alkyl carbamates (subject to hydrolysis) is 1. The van der Waals surface area contributed by atoms with Crippen molar-refractivity contribution in [2.75, 3.05) is 13.2 Å². The summed E-state index contributed by atoms with van der Waals surface area (Å²) >= 11 is 0. The molecule has 1 amide bonds. The van der Waals surface area contributed by atoms with Gasteiger partial charge in [0.15, 0.2) is 0 Å². The number of amides is 1. The van der Waals surface area contributed by atoms with Crippen molar-refractivity contribution in [3.63, 3.8) is 0 Å². The van der Waals surface area contributed by atoms with Crippen LogP contribution in [0.3, 0.4) is 0 Å². The van der Waals surface area contributed by atoms with Crippen molar-refractivity contribution in [1.29, 1.82) is 0 Å². The summed E-state index contributed by atoms with van der Waals surface area (Å²) in [5.41, 5.74) is -1.11. The molecule has 1 N–H and O–H groups in total. The lowest BCUT2D eigenvalue weighted by molar-refractivity contribution is -0.128. The number of fused-ring (bicyclic) bond motifs is 1. The number of carbonyl (C=O) groups is 2. The molecule has 0 bridgehead atoms. The van der Waals surface area contributed by atoms with Gasteiger partial charge in [0, 0.05) is 36.8 Å². The highest BCUT2D eigenvalue weighted by Gasteiger charge is 2.49. The van der Waals surface area contributed by atoms with Crippen LogP contribution in [0.2, 0.25) is 0 Å². The molecule has 1 saturated carbocycles. The highest BCUT2D eigenvalue weighted by Crippen LogP contribution is 2.52. The molecule has 0 unspecified atom stereocenters. The van der Waals surface area contributed by atoms with Gasteiger partial charge < -0.3 is 14.8 Å². The van der Waals surface area contributed by atoms with E-state index in [0.29, 0.717) is 50.2 Å². The van der Waals surface area contributed by atoms with Gasteiger partial charge in [0.25, 0.3) is 0 Å². The molecule has 2 aliphatic carbocycles. The Labute approximate surface area is 189 Å². The van der Waals surface area contributed by atoms with Crippen LogP contribution in [-0.4, -0.2) is 36.2 Å². The number of ketones is 1. The number of ether oxygens (including phenoxy) is 2. The molecule has 0 aliphatic heterocycles. The Kier molecular flexibility index (Phi) is 8.62. The van der Waals surface area contributed by atoms with Crippen LogP contribution in [0, 0.1) is 35.0 Å². The van der Waals surface area contributed by atoms with Crippen molar-refractivity contribution in [1.82, 2.24) is 5.32 Å². The maximum atomic E-state index is 12.3.